The van der Waals surface area contributed by atoms with E-state index in [-0.39, 0.29) is 12.1 Å². The highest BCUT2D eigenvalue weighted by Gasteiger charge is 2.00. The molecule has 1 unspecified atom stereocenters. The van der Waals surface area contributed by atoms with Crippen molar-refractivity contribution in [3.05, 3.63) is 0 Å². The molecule has 1 atom stereocenters. The third kappa shape index (κ3) is 5.66. The second-order valence-corrected chi connectivity index (χ2v) is 2.36. The highest BCUT2D eigenvalue weighted by Crippen LogP contribution is 1.93. The molecular formula is C7H16N2O2. The van der Waals surface area contributed by atoms with E-state index >= 15 is 0 Å². The molecule has 0 heterocycles. The van der Waals surface area contributed by atoms with Crippen LogP contribution in [-0.4, -0.2) is 30.8 Å². The molecule has 0 saturated carbocycles. The average Bonchev–Trinajstić information content (AvgIpc) is 2.04. The Balaban J connectivity index is 3.20. The van der Waals surface area contributed by atoms with Crippen LogP contribution in [-0.2, 0) is 0 Å². The van der Waals surface area contributed by atoms with Gasteiger partial charge in [-0.15, -0.1) is 0 Å². The maximum Gasteiger partial charge on any atom is 0.314 e. The topological polar surface area (TPSA) is 61.4 Å². The second kappa shape index (κ2) is 5.97. The van der Waals surface area contributed by atoms with Crippen LogP contribution in [0.2, 0.25) is 0 Å². The molecule has 0 aromatic rings. The standard InChI is InChI=1S/C7H16N2O2/c1-3-6(10)4-5-9-7(11)8-2/h6,10H,3-5H2,1-2H3,(H2,8,9,11). The third-order valence-electron chi connectivity index (χ3n) is 1.46. The Bertz CT molecular complexity index is 117. The van der Waals surface area contributed by atoms with E-state index in [9.17, 15) is 4.79 Å². The molecule has 0 fully saturated rings. The van der Waals surface area contributed by atoms with Gasteiger partial charge in [0, 0.05) is 13.6 Å². The van der Waals surface area contributed by atoms with Gasteiger partial charge >= 0.3 is 6.03 Å². The summed E-state index contributed by atoms with van der Waals surface area (Å²) in [4.78, 5) is 10.6. The summed E-state index contributed by atoms with van der Waals surface area (Å²) in [6.45, 7) is 2.43. The molecule has 0 aromatic carbocycles. The number of rotatable bonds is 4. The molecule has 0 aromatic heterocycles. The van der Waals surface area contributed by atoms with Crippen LogP contribution >= 0.6 is 0 Å². The van der Waals surface area contributed by atoms with Crippen LogP contribution in [0.4, 0.5) is 4.79 Å². The van der Waals surface area contributed by atoms with Crippen LogP contribution in [0.25, 0.3) is 0 Å². The predicted octanol–water partition coefficient (Wildman–Crippen LogP) is 0.0764. The van der Waals surface area contributed by atoms with Gasteiger partial charge in [-0.1, -0.05) is 6.92 Å². The normalized spacial score (nSPS) is 12.3. The number of aliphatic hydroxyl groups excluding tert-OH is 1. The van der Waals surface area contributed by atoms with Gasteiger partial charge in [-0.2, -0.15) is 0 Å². The van der Waals surface area contributed by atoms with E-state index in [0.29, 0.717) is 13.0 Å². The molecule has 0 aliphatic carbocycles. The lowest BCUT2D eigenvalue weighted by molar-refractivity contribution is 0.160. The third-order valence-corrected chi connectivity index (χ3v) is 1.46. The second-order valence-electron chi connectivity index (χ2n) is 2.36. The van der Waals surface area contributed by atoms with Crippen molar-refractivity contribution in [2.45, 2.75) is 25.9 Å². The molecule has 0 aliphatic rings. The van der Waals surface area contributed by atoms with Crippen molar-refractivity contribution in [1.29, 1.82) is 0 Å². The summed E-state index contributed by atoms with van der Waals surface area (Å²) in [7, 11) is 1.56. The molecule has 0 rings (SSSR count). The fourth-order valence-corrected chi connectivity index (χ4v) is 0.645. The molecule has 11 heavy (non-hydrogen) atoms. The summed E-state index contributed by atoms with van der Waals surface area (Å²) in [5.41, 5.74) is 0. The highest BCUT2D eigenvalue weighted by molar-refractivity contribution is 5.73. The van der Waals surface area contributed by atoms with E-state index in [0.717, 1.165) is 6.42 Å². The predicted molar refractivity (Wildman–Crippen MR) is 43.4 cm³/mol. The first-order valence-corrected chi connectivity index (χ1v) is 3.84. The van der Waals surface area contributed by atoms with Gasteiger partial charge in [0.2, 0.25) is 0 Å². The van der Waals surface area contributed by atoms with E-state index < -0.39 is 0 Å². The van der Waals surface area contributed by atoms with Crippen molar-refractivity contribution in [3.63, 3.8) is 0 Å². The fourth-order valence-electron chi connectivity index (χ4n) is 0.645. The minimum Gasteiger partial charge on any atom is -0.393 e. The van der Waals surface area contributed by atoms with E-state index in [2.05, 4.69) is 10.6 Å². The van der Waals surface area contributed by atoms with Crippen LogP contribution in [0.3, 0.4) is 0 Å². The molecule has 0 spiro atoms. The maximum absolute atomic E-state index is 10.6. The molecule has 4 heteroatoms. The number of nitrogens with one attached hydrogen (secondary N) is 2. The van der Waals surface area contributed by atoms with Crippen molar-refractivity contribution in [3.8, 4) is 0 Å². The number of amides is 2. The maximum atomic E-state index is 10.6. The van der Waals surface area contributed by atoms with Crippen LogP contribution in [0.1, 0.15) is 19.8 Å². The highest BCUT2D eigenvalue weighted by atomic mass is 16.3. The summed E-state index contributed by atoms with van der Waals surface area (Å²) in [5, 5.41) is 14.1. The average molecular weight is 160 g/mol. The van der Waals surface area contributed by atoms with Gasteiger partial charge in [0.15, 0.2) is 0 Å². The van der Waals surface area contributed by atoms with Crippen LogP contribution < -0.4 is 10.6 Å². The zero-order valence-electron chi connectivity index (χ0n) is 7.05. The van der Waals surface area contributed by atoms with Crippen LogP contribution in [0, 0.1) is 0 Å². The lowest BCUT2D eigenvalue weighted by Crippen LogP contribution is -2.34. The minimum absolute atomic E-state index is 0.201. The Morgan fingerprint density at radius 3 is 2.73 bits per heavy atom. The van der Waals surface area contributed by atoms with E-state index in [1.165, 1.54) is 0 Å². The van der Waals surface area contributed by atoms with E-state index in [1.807, 2.05) is 6.92 Å². The monoisotopic (exact) mass is 160 g/mol. The van der Waals surface area contributed by atoms with Gasteiger partial charge in [0.05, 0.1) is 6.10 Å². The molecule has 0 saturated heterocycles. The number of carbonyl (C=O) groups is 1. The molecule has 66 valence electrons. The Labute approximate surface area is 67.0 Å². The van der Waals surface area contributed by atoms with Crippen molar-refractivity contribution in [2.75, 3.05) is 13.6 Å². The molecule has 0 bridgehead atoms. The Morgan fingerprint density at radius 1 is 1.64 bits per heavy atom. The molecule has 3 N–H and O–H groups in total. The first kappa shape index (κ1) is 10.2. The number of urea groups is 1. The van der Waals surface area contributed by atoms with Crippen molar-refractivity contribution in [2.24, 2.45) is 0 Å². The van der Waals surface area contributed by atoms with Crippen molar-refractivity contribution in [1.82, 2.24) is 10.6 Å². The number of hydrogen-bond acceptors (Lipinski definition) is 2. The summed E-state index contributed by atoms with van der Waals surface area (Å²) >= 11 is 0. The quantitative estimate of drug-likeness (QED) is 0.545. The molecule has 2 amide bonds. The minimum atomic E-state index is -0.299. The summed E-state index contributed by atoms with van der Waals surface area (Å²) in [5.74, 6) is 0. The summed E-state index contributed by atoms with van der Waals surface area (Å²) < 4.78 is 0. The van der Waals surface area contributed by atoms with Gasteiger partial charge in [-0.3, -0.25) is 0 Å². The first-order valence-electron chi connectivity index (χ1n) is 3.84. The summed E-state index contributed by atoms with van der Waals surface area (Å²) in [6.07, 6.45) is 1.05. The zero-order chi connectivity index (χ0) is 8.69. The largest absolute Gasteiger partial charge is 0.393 e. The lowest BCUT2D eigenvalue weighted by atomic mass is 10.2. The number of hydrogen-bond donors (Lipinski definition) is 3. The first-order chi connectivity index (χ1) is 5.20. The Kier molecular flexibility index (Phi) is 5.56. The zero-order valence-corrected chi connectivity index (χ0v) is 7.05. The number of aliphatic hydroxyl groups is 1. The molecule has 0 radical (unpaired) electrons. The molecule has 4 nitrogen and oxygen atoms in total. The SMILES string of the molecule is CCC(O)CCNC(=O)NC. The van der Waals surface area contributed by atoms with Gasteiger partial charge in [0.1, 0.15) is 0 Å². The molecular weight excluding hydrogens is 144 g/mol. The Morgan fingerprint density at radius 2 is 2.27 bits per heavy atom. The van der Waals surface area contributed by atoms with Gasteiger partial charge in [-0.05, 0) is 12.8 Å². The van der Waals surface area contributed by atoms with E-state index in [1.54, 1.807) is 7.05 Å². The van der Waals surface area contributed by atoms with E-state index in [4.69, 9.17) is 5.11 Å². The fraction of sp³-hybridized carbons (Fsp3) is 0.857. The van der Waals surface area contributed by atoms with Crippen LogP contribution in [0.5, 0.6) is 0 Å². The van der Waals surface area contributed by atoms with Crippen molar-refractivity contribution < 1.29 is 9.90 Å². The number of carbonyl (C=O) groups excluding carboxylic acids is 1. The smallest absolute Gasteiger partial charge is 0.314 e. The van der Waals surface area contributed by atoms with Crippen LogP contribution in [0.15, 0.2) is 0 Å². The van der Waals surface area contributed by atoms with Crippen molar-refractivity contribution >= 4 is 6.03 Å². The summed E-state index contributed by atoms with van der Waals surface area (Å²) in [6, 6.07) is -0.201. The Hall–Kier alpha value is -0.770. The van der Waals surface area contributed by atoms with Gasteiger partial charge in [-0.25, -0.2) is 4.79 Å². The molecule has 0 aliphatic heterocycles. The van der Waals surface area contributed by atoms with Gasteiger partial charge in [0.25, 0.3) is 0 Å². The van der Waals surface area contributed by atoms with Gasteiger partial charge < -0.3 is 15.7 Å². The lowest BCUT2D eigenvalue weighted by Gasteiger charge is -2.07.